The number of hydrogen-bond acceptors (Lipinski definition) is 2. The molecule has 1 fully saturated rings. The first-order valence-corrected chi connectivity index (χ1v) is 5.86. The Bertz CT molecular complexity index is 315. The summed E-state index contributed by atoms with van der Waals surface area (Å²) in [5, 5.41) is 4.33. The van der Waals surface area contributed by atoms with Crippen molar-refractivity contribution in [2.24, 2.45) is 5.73 Å². The minimum Gasteiger partial charge on any atom is -0.328 e. The van der Waals surface area contributed by atoms with Crippen molar-refractivity contribution in [3.63, 3.8) is 0 Å². The number of nitrogens with one attached hydrogen (secondary N) is 1. The van der Waals surface area contributed by atoms with E-state index in [0.717, 1.165) is 18.0 Å². The summed E-state index contributed by atoms with van der Waals surface area (Å²) in [6.07, 6.45) is 3.60. The highest BCUT2D eigenvalue weighted by Gasteiger charge is 2.31. The summed E-state index contributed by atoms with van der Waals surface area (Å²) >= 11 is 5.89. The Kier molecular flexibility index (Phi) is 3.29. The van der Waals surface area contributed by atoms with Crippen LogP contribution in [0, 0.1) is 0 Å². The first-order chi connectivity index (χ1) is 7.27. The smallest absolute Gasteiger partial charge is 0.0558 e. The van der Waals surface area contributed by atoms with Crippen molar-refractivity contribution in [3.05, 3.63) is 34.9 Å². The predicted octanol–water partition coefficient (Wildman–Crippen LogP) is 2.27. The molecule has 15 heavy (non-hydrogen) atoms. The van der Waals surface area contributed by atoms with Gasteiger partial charge in [0.05, 0.1) is 5.54 Å². The van der Waals surface area contributed by atoms with Crippen LogP contribution in [0.25, 0.3) is 0 Å². The maximum atomic E-state index is 5.91. The maximum Gasteiger partial charge on any atom is 0.0558 e. The number of hydrogen-bond donors (Lipinski definition) is 2. The molecule has 0 aromatic heterocycles. The zero-order valence-corrected chi connectivity index (χ0v) is 9.56. The normalized spacial score (nSPS) is 26.5. The molecule has 0 aliphatic carbocycles. The average molecular weight is 225 g/mol. The summed E-state index contributed by atoms with van der Waals surface area (Å²) < 4.78 is 0. The Morgan fingerprint density at radius 2 is 2.00 bits per heavy atom. The highest BCUT2D eigenvalue weighted by molar-refractivity contribution is 6.30. The van der Waals surface area contributed by atoms with Gasteiger partial charge in [0.1, 0.15) is 0 Å². The summed E-state index contributed by atoms with van der Waals surface area (Å²) in [5.41, 5.74) is 7.15. The van der Waals surface area contributed by atoms with Gasteiger partial charge in [-0.25, -0.2) is 0 Å². The molecule has 1 heterocycles. The van der Waals surface area contributed by atoms with Gasteiger partial charge in [0.25, 0.3) is 0 Å². The van der Waals surface area contributed by atoms with Gasteiger partial charge in [-0.1, -0.05) is 23.7 Å². The first-order valence-electron chi connectivity index (χ1n) is 5.48. The monoisotopic (exact) mass is 224 g/mol. The SMILES string of the molecule is NCC1(c2ccc(Cl)cc2)CCCCN1. The topological polar surface area (TPSA) is 38.0 Å². The van der Waals surface area contributed by atoms with Crippen LogP contribution in [0.2, 0.25) is 5.02 Å². The Labute approximate surface area is 95.8 Å². The lowest BCUT2D eigenvalue weighted by Crippen LogP contribution is -2.51. The number of benzene rings is 1. The molecule has 1 atom stereocenters. The van der Waals surface area contributed by atoms with Crippen LogP contribution in [0.3, 0.4) is 0 Å². The van der Waals surface area contributed by atoms with Gasteiger partial charge < -0.3 is 11.1 Å². The molecule has 1 aromatic carbocycles. The third-order valence-corrected chi connectivity index (χ3v) is 3.49. The summed E-state index contributed by atoms with van der Waals surface area (Å²) in [6, 6.07) is 8.02. The summed E-state index contributed by atoms with van der Waals surface area (Å²) in [4.78, 5) is 0. The van der Waals surface area contributed by atoms with E-state index >= 15 is 0 Å². The van der Waals surface area contributed by atoms with E-state index in [0.29, 0.717) is 6.54 Å². The lowest BCUT2D eigenvalue weighted by molar-refractivity contribution is 0.265. The fourth-order valence-electron chi connectivity index (χ4n) is 2.28. The van der Waals surface area contributed by atoms with Crippen LogP contribution in [0.4, 0.5) is 0 Å². The van der Waals surface area contributed by atoms with Crippen LogP contribution in [0.1, 0.15) is 24.8 Å². The molecule has 2 nitrogen and oxygen atoms in total. The van der Waals surface area contributed by atoms with Crippen LogP contribution in [-0.4, -0.2) is 13.1 Å². The van der Waals surface area contributed by atoms with Gasteiger partial charge in [0.2, 0.25) is 0 Å². The van der Waals surface area contributed by atoms with Crippen molar-refractivity contribution in [2.75, 3.05) is 13.1 Å². The number of rotatable bonds is 2. The molecule has 1 saturated heterocycles. The van der Waals surface area contributed by atoms with E-state index in [2.05, 4.69) is 17.4 Å². The summed E-state index contributed by atoms with van der Waals surface area (Å²) in [6.45, 7) is 1.70. The molecular formula is C12H17ClN2. The quantitative estimate of drug-likeness (QED) is 0.809. The van der Waals surface area contributed by atoms with Gasteiger partial charge in [-0.2, -0.15) is 0 Å². The molecule has 0 bridgehead atoms. The van der Waals surface area contributed by atoms with E-state index < -0.39 is 0 Å². The average Bonchev–Trinajstić information content (AvgIpc) is 2.31. The Morgan fingerprint density at radius 1 is 1.27 bits per heavy atom. The number of piperidine rings is 1. The minimum atomic E-state index is -0.0250. The number of halogens is 1. The maximum absolute atomic E-state index is 5.91. The van der Waals surface area contributed by atoms with Crippen LogP contribution in [-0.2, 0) is 5.54 Å². The largest absolute Gasteiger partial charge is 0.328 e. The van der Waals surface area contributed by atoms with E-state index in [9.17, 15) is 0 Å². The highest BCUT2D eigenvalue weighted by atomic mass is 35.5. The van der Waals surface area contributed by atoms with Gasteiger partial charge in [0, 0.05) is 11.6 Å². The molecule has 2 rings (SSSR count). The fourth-order valence-corrected chi connectivity index (χ4v) is 2.40. The van der Waals surface area contributed by atoms with Crippen molar-refractivity contribution in [1.29, 1.82) is 0 Å². The van der Waals surface area contributed by atoms with Crippen LogP contribution >= 0.6 is 11.6 Å². The van der Waals surface area contributed by atoms with Crippen LogP contribution in [0.15, 0.2) is 24.3 Å². The standard InChI is InChI=1S/C12H17ClN2/c13-11-5-3-10(4-6-11)12(9-14)7-1-2-8-15-12/h3-6,15H,1-2,7-9,14H2. The molecular weight excluding hydrogens is 208 g/mol. The van der Waals surface area contributed by atoms with Gasteiger partial charge in [-0.05, 0) is 43.5 Å². The second-order valence-electron chi connectivity index (χ2n) is 4.18. The van der Waals surface area contributed by atoms with Gasteiger partial charge in [-0.3, -0.25) is 0 Å². The second kappa shape index (κ2) is 4.52. The van der Waals surface area contributed by atoms with E-state index in [4.69, 9.17) is 17.3 Å². The molecule has 1 aromatic rings. The van der Waals surface area contributed by atoms with Crippen molar-refractivity contribution in [1.82, 2.24) is 5.32 Å². The molecule has 3 heteroatoms. The van der Waals surface area contributed by atoms with Crippen molar-refractivity contribution in [3.8, 4) is 0 Å². The second-order valence-corrected chi connectivity index (χ2v) is 4.61. The lowest BCUT2D eigenvalue weighted by atomic mass is 9.82. The fraction of sp³-hybridized carbons (Fsp3) is 0.500. The van der Waals surface area contributed by atoms with Gasteiger partial charge in [0.15, 0.2) is 0 Å². The molecule has 3 N–H and O–H groups in total. The van der Waals surface area contributed by atoms with E-state index in [1.165, 1.54) is 18.4 Å². The molecule has 1 aliphatic rings. The van der Waals surface area contributed by atoms with Crippen molar-refractivity contribution >= 4 is 11.6 Å². The van der Waals surface area contributed by atoms with Crippen LogP contribution < -0.4 is 11.1 Å². The minimum absolute atomic E-state index is 0.0250. The highest BCUT2D eigenvalue weighted by Crippen LogP contribution is 2.30. The molecule has 0 saturated carbocycles. The molecule has 1 unspecified atom stereocenters. The first kappa shape index (κ1) is 10.9. The molecule has 0 spiro atoms. The summed E-state index contributed by atoms with van der Waals surface area (Å²) in [5.74, 6) is 0. The van der Waals surface area contributed by atoms with Gasteiger partial charge in [-0.15, -0.1) is 0 Å². The van der Waals surface area contributed by atoms with Crippen LogP contribution in [0.5, 0.6) is 0 Å². The molecule has 1 aliphatic heterocycles. The third kappa shape index (κ3) is 2.17. The third-order valence-electron chi connectivity index (χ3n) is 3.24. The van der Waals surface area contributed by atoms with E-state index in [-0.39, 0.29) is 5.54 Å². The molecule has 0 amide bonds. The Morgan fingerprint density at radius 3 is 2.53 bits per heavy atom. The lowest BCUT2D eigenvalue weighted by Gasteiger charge is -2.38. The van der Waals surface area contributed by atoms with E-state index in [1.54, 1.807) is 0 Å². The predicted molar refractivity (Wildman–Crippen MR) is 64.0 cm³/mol. The van der Waals surface area contributed by atoms with Crippen molar-refractivity contribution < 1.29 is 0 Å². The van der Waals surface area contributed by atoms with Gasteiger partial charge >= 0.3 is 0 Å². The van der Waals surface area contributed by atoms with Crippen molar-refractivity contribution in [2.45, 2.75) is 24.8 Å². The Balaban J connectivity index is 2.28. The zero-order chi connectivity index (χ0) is 10.7. The van der Waals surface area contributed by atoms with E-state index in [1.807, 2.05) is 12.1 Å². The number of nitrogens with two attached hydrogens (primary N) is 1. The Hall–Kier alpha value is -0.570. The molecule has 0 radical (unpaired) electrons. The zero-order valence-electron chi connectivity index (χ0n) is 8.80. The molecule has 82 valence electrons. The summed E-state index contributed by atoms with van der Waals surface area (Å²) in [7, 11) is 0.